The minimum absolute atomic E-state index is 0.0745. The smallest absolute Gasteiger partial charge is 0.156 e. The van der Waals surface area contributed by atoms with Crippen molar-refractivity contribution in [3.63, 3.8) is 0 Å². The summed E-state index contributed by atoms with van der Waals surface area (Å²) in [6.45, 7) is 9.21. The number of carbonyl (C=O) groups excluding carboxylic acids is 4. The zero-order valence-electron chi connectivity index (χ0n) is 55.0. The number of carbonyl (C=O) groups is 4. The fourth-order valence-corrected chi connectivity index (χ4v) is 11.1. The molecule has 0 aromatic carbocycles. The first-order chi connectivity index (χ1) is 40.2. The van der Waals surface area contributed by atoms with Crippen LogP contribution in [0.3, 0.4) is 0 Å². The van der Waals surface area contributed by atoms with Crippen LogP contribution in [0.5, 0.6) is 0 Å². The molecule has 0 aliphatic heterocycles. The molecule has 0 aromatic heterocycles. The van der Waals surface area contributed by atoms with Crippen LogP contribution >= 0.6 is 0 Å². The Morgan fingerprint density at radius 2 is 0.488 bits per heavy atom. The molecule has 0 spiro atoms. The largest absolute Gasteiger partial charge is 0.309 e. The fourth-order valence-electron chi connectivity index (χ4n) is 11.1. The van der Waals surface area contributed by atoms with Gasteiger partial charge in [0, 0.05) is 32.2 Å². The second-order valence-corrected chi connectivity index (χ2v) is 24.3. The highest BCUT2D eigenvalue weighted by molar-refractivity contribution is 6.26. The highest BCUT2D eigenvalue weighted by Crippen LogP contribution is 2.40. The van der Waals surface area contributed by atoms with Gasteiger partial charge in [-0.05, 0) is 168 Å². The van der Waals surface area contributed by atoms with Crippen molar-refractivity contribution >= 4 is 23.1 Å². The average molecular weight is 1140 g/mol. The highest BCUT2D eigenvalue weighted by atomic mass is 16.2. The first-order valence-corrected chi connectivity index (χ1v) is 35.2. The van der Waals surface area contributed by atoms with Crippen LogP contribution < -0.4 is 0 Å². The van der Waals surface area contributed by atoms with Crippen LogP contribution in [0.4, 0.5) is 0 Å². The molecule has 0 fully saturated rings. The number of unbranched alkanes of at least 4 members (excludes halogenated alkanes) is 32. The molecule has 470 valence electrons. The van der Waals surface area contributed by atoms with E-state index < -0.39 is 11.3 Å². The third-order valence-electron chi connectivity index (χ3n) is 16.2. The molecule has 5 heteroatoms. The van der Waals surface area contributed by atoms with Gasteiger partial charge < -0.3 is 4.90 Å². The Morgan fingerprint density at radius 1 is 0.280 bits per heavy atom. The average Bonchev–Trinajstić information content (AvgIpc) is 3.56. The van der Waals surface area contributed by atoms with Crippen molar-refractivity contribution in [3.05, 3.63) is 97.2 Å². The normalized spacial score (nSPS) is 13.1. The third-order valence-corrected chi connectivity index (χ3v) is 16.2. The van der Waals surface area contributed by atoms with Gasteiger partial charge in [-0.15, -0.1) is 0 Å². The summed E-state index contributed by atoms with van der Waals surface area (Å²) in [6.07, 6.45) is 84.8. The van der Waals surface area contributed by atoms with Gasteiger partial charge in [0.25, 0.3) is 0 Å². The van der Waals surface area contributed by atoms with Crippen LogP contribution in [-0.2, 0) is 19.2 Å². The summed E-state index contributed by atoms with van der Waals surface area (Å²) in [5.74, 6) is -1.87. The Hall–Kier alpha value is -3.44. The van der Waals surface area contributed by atoms with Crippen molar-refractivity contribution in [1.29, 1.82) is 0 Å². The Labute approximate surface area is 509 Å². The predicted octanol–water partition coefficient (Wildman–Crippen LogP) is 23.7. The quantitative estimate of drug-likeness (QED) is 0.0345. The summed E-state index contributed by atoms with van der Waals surface area (Å²) >= 11 is 0. The van der Waals surface area contributed by atoms with Gasteiger partial charge in [0.1, 0.15) is 5.78 Å². The topological polar surface area (TPSA) is 71.5 Å². The first kappa shape index (κ1) is 78.6. The fraction of sp³-hybridized carbons (Fsp3) is 0.740. The number of nitrogens with zero attached hydrogens (tertiary/aromatic N) is 1. The van der Waals surface area contributed by atoms with Crippen molar-refractivity contribution in [2.24, 2.45) is 11.3 Å². The van der Waals surface area contributed by atoms with E-state index in [0.29, 0.717) is 25.7 Å². The number of ketones is 4. The number of allylic oxidation sites excluding steroid dienone is 16. The van der Waals surface area contributed by atoms with Crippen LogP contribution in [0.15, 0.2) is 97.2 Å². The van der Waals surface area contributed by atoms with Crippen LogP contribution in [0.2, 0.25) is 0 Å². The van der Waals surface area contributed by atoms with Gasteiger partial charge in [-0.2, -0.15) is 0 Å². The van der Waals surface area contributed by atoms with Gasteiger partial charge in [-0.25, -0.2) is 0 Å². The van der Waals surface area contributed by atoms with Crippen molar-refractivity contribution in [2.45, 2.75) is 336 Å². The van der Waals surface area contributed by atoms with E-state index in [1.165, 1.54) is 103 Å². The minimum atomic E-state index is -1.92. The molecular weight excluding hydrogens is 1000 g/mol. The summed E-state index contributed by atoms with van der Waals surface area (Å²) in [5.41, 5.74) is -1.92. The third kappa shape index (κ3) is 46.9. The van der Waals surface area contributed by atoms with E-state index in [0.717, 1.165) is 161 Å². The maximum absolute atomic E-state index is 15.3. The second-order valence-electron chi connectivity index (χ2n) is 24.3. The van der Waals surface area contributed by atoms with Gasteiger partial charge in [-0.1, -0.05) is 253 Å². The Balaban J connectivity index is 6.18. The molecule has 0 rings (SSSR count). The number of rotatable bonds is 63. The molecule has 82 heavy (non-hydrogen) atoms. The summed E-state index contributed by atoms with van der Waals surface area (Å²) in [7, 11) is 3.84. The molecule has 0 heterocycles. The lowest BCUT2D eigenvalue weighted by molar-refractivity contribution is -0.158. The minimum Gasteiger partial charge on any atom is -0.309 e. The van der Waals surface area contributed by atoms with Crippen molar-refractivity contribution in [3.8, 4) is 0 Å². The zero-order chi connectivity index (χ0) is 59.9. The van der Waals surface area contributed by atoms with Gasteiger partial charge in [0.05, 0.1) is 5.92 Å². The zero-order valence-corrected chi connectivity index (χ0v) is 55.0. The van der Waals surface area contributed by atoms with E-state index in [4.69, 9.17) is 0 Å². The molecule has 0 aliphatic rings. The first-order valence-electron chi connectivity index (χ1n) is 35.2. The number of hydrogen-bond donors (Lipinski definition) is 0. The van der Waals surface area contributed by atoms with Gasteiger partial charge in [0.15, 0.2) is 22.8 Å². The molecule has 0 saturated heterocycles. The molecule has 5 nitrogen and oxygen atoms in total. The lowest BCUT2D eigenvalue weighted by atomic mass is 9.61. The SMILES string of the molecule is CCCCC/C=C\C/C=C\CCCCCCCC(=O)C(CN(C)C)C(C(=O)CCCCCCC/C=C\C/C=C\CCCCC)(C(=O)CCCCCCC/C=C\C/C=C\CCCCC)C(=O)CCCCCCC/C=C\C/C=C\CCCCC. The Morgan fingerprint density at radius 3 is 0.720 bits per heavy atom. The van der Waals surface area contributed by atoms with E-state index in [-0.39, 0.29) is 48.9 Å². The summed E-state index contributed by atoms with van der Waals surface area (Å²) in [4.78, 5) is 62.7. The molecule has 1 atom stereocenters. The maximum atomic E-state index is 15.3. The summed E-state index contributed by atoms with van der Waals surface area (Å²) in [6, 6.07) is 0. The molecule has 0 aliphatic carbocycles. The van der Waals surface area contributed by atoms with Crippen LogP contribution in [0.25, 0.3) is 0 Å². The molecule has 0 amide bonds. The molecule has 0 aromatic rings. The Bertz CT molecular complexity index is 1580. The summed E-state index contributed by atoms with van der Waals surface area (Å²) < 4.78 is 0. The lowest BCUT2D eigenvalue weighted by Gasteiger charge is -2.38. The van der Waals surface area contributed by atoms with Crippen LogP contribution in [-0.4, -0.2) is 48.7 Å². The maximum Gasteiger partial charge on any atom is 0.156 e. The van der Waals surface area contributed by atoms with Crippen LogP contribution in [0, 0.1) is 11.3 Å². The molecular formula is C77H133NO4. The van der Waals surface area contributed by atoms with E-state index >= 15 is 14.4 Å². The summed E-state index contributed by atoms with van der Waals surface area (Å²) in [5, 5.41) is 0. The monoisotopic (exact) mass is 1140 g/mol. The van der Waals surface area contributed by atoms with Crippen molar-refractivity contribution < 1.29 is 19.2 Å². The molecule has 0 N–H and O–H groups in total. The lowest BCUT2D eigenvalue weighted by Crippen LogP contribution is -2.57. The Kier molecular flexibility index (Phi) is 59.5. The van der Waals surface area contributed by atoms with Gasteiger partial charge >= 0.3 is 0 Å². The molecule has 0 radical (unpaired) electrons. The second kappa shape index (κ2) is 62.1. The standard InChI is InChI=1S/C77H133NO4/c1-7-11-15-19-23-27-31-35-39-43-47-51-55-59-63-67-73(79)72(71-78(5)6)77(74(80)68-64-60-56-52-48-44-40-36-32-28-24-20-16-12-8-2,75(81)69-65-61-57-53-49-45-41-37-33-29-25-21-17-13-9-3)76(82)70-66-62-58-54-50-46-42-38-34-30-26-22-18-14-10-4/h23-30,35-42,72H,7-22,31-34,43-71H2,1-6H3/b27-23-,28-24-,29-25-,30-26-,39-35-,40-36-,41-37-,42-38-. The predicted molar refractivity (Wildman–Crippen MR) is 362 cm³/mol. The molecule has 1 unspecified atom stereocenters. The van der Waals surface area contributed by atoms with Gasteiger partial charge in [-0.3, -0.25) is 19.2 Å². The van der Waals surface area contributed by atoms with E-state index in [9.17, 15) is 4.79 Å². The van der Waals surface area contributed by atoms with Crippen LogP contribution in [0.1, 0.15) is 336 Å². The van der Waals surface area contributed by atoms with E-state index in [1.807, 2.05) is 19.0 Å². The molecule has 0 saturated carbocycles. The van der Waals surface area contributed by atoms with Crippen molar-refractivity contribution in [1.82, 2.24) is 4.90 Å². The van der Waals surface area contributed by atoms with Crippen molar-refractivity contribution in [2.75, 3.05) is 20.6 Å². The molecule has 0 bridgehead atoms. The number of hydrogen-bond acceptors (Lipinski definition) is 5. The highest BCUT2D eigenvalue weighted by Gasteiger charge is 2.57. The number of Topliss-reactive ketones (excluding diaryl/α,β-unsaturated/α-hetero) is 4. The van der Waals surface area contributed by atoms with Gasteiger partial charge in [0.2, 0.25) is 0 Å². The van der Waals surface area contributed by atoms with E-state index in [1.54, 1.807) is 0 Å². The van der Waals surface area contributed by atoms with E-state index in [2.05, 4.69) is 125 Å².